The first kappa shape index (κ1) is 128. The molecule has 0 saturated carbocycles. The summed E-state index contributed by atoms with van der Waals surface area (Å²) in [7, 11) is 1.42. The van der Waals surface area contributed by atoms with Gasteiger partial charge in [0.05, 0.1) is 165 Å². The smallest absolute Gasteiger partial charge is 0.744 e. The molecule has 0 bridgehead atoms. The summed E-state index contributed by atoms with van der Waals surface area (Å²) in [6, 6.07) is 43.0. The van der Waals surface area contributed by atoms with Crippen molar-refractivity contribution in [2.75, 3.05) is 122 Å². The SMILES string of the molecule is C=[N+]([N-]c1ccc(=O)[c-]2c1[N+](=C)[C-](C)C(C(=O)[O-])=C2)c1cccc[n+]1C.C=[n+]1c(C)c(C(=O)[O-])cc2c1=C([N-]N=c1ccccn1C)C=CC2=O.CC(O)C(=O)[O-].CCN(CC)c1ccc(N=Nc2c(C#N)c[n+](C)n2C)c(C)c1.COc1cc(N=Nc2cccc(S(=O)(=O)[O-])c2)ccc1NC(=O)Nc1ccc(N=Nc2cccc(S(=O)(=O)[OH2+])c2)cc1OC.OCC[NH+](CCO)CCO.OCC[NH+](CCO)CCO.[Na+].[Na+].[Ni+2]. The van der Waals surface area contributed by atoms with E-state index in [0.717, 1.165) is 59.0 Å². The number of nitrogens with one attached hydrogen (secondary N) is 4. The average Bonchev–Trinajstić information content (AvgIpc) is 1.36. The molecule has 5 heterocycles. The Morgan fingerprint density at radius 3 is 1.65 bits per heavy atom. The summed E-state index contributed by atoms with van der Waals surface area (Å²) in [5, 5.41) is 135. The number of amides is 2. The summed E-state index contributed by atoms with van der Waals surface area (Å²) in [6.45, 7) is 28.5. The van der Waals surface area contributed by atoms with E-state index in [-0.39, 0.29) is 176 Å². The Balaban J connectivity index is 0.000000473. The van der Waals surface area contributed by atoms with Gasteiger partial charge in [0.25, 0.3) is 0 Å². The maximum Gasteiger partial charge on any atom is 2.00 e. The Labute approximate surface area is 902 Å². The number of carbonyl (C=O) groups is 5. The number of carbonyl (C=O) groups excluding carboxylic acids is 5. The second-order valence-corrected chi connectivity index (χ2v) is 33.8. The number of hydrogen-bond acceptors (Lipinski definition) is 32. The molecule has 10 aromatic rings. The zero-order chi connectivity index (χ0) is 107. The second-order valence-electron chi connectivity index (χ2n) is 30.9. The van der Waals surface area contributed by atoms with Crippen LogP contribution >= 0.6 is 0 Å². The molecule has 0 saturated heterocycles. The van der Waals surface area contributed by atoms with Gasteiger partial charge in [-0.3, -0.25) is 9.37 Å². The summed E-state index contributed by atoms with van der Waals surface area (Å²) in [5.41, 5.74) is 16.1. The minimum absolute atomic E-state index is 0. The van der Waals surface area contributed by atoms with Gasteiger partial charge in [-0.25, -0.2) is 13.2 Å². The van der Waals surface area contributed by atoms with E-state index in [4.69, 9.17) is 49.8 Å². The molecule has 0 fully saturated rings. The minimum atomic E-state index is -4.64. The standard InChI is InChI=1S/C27H24N6O9S2.C19H18N4O3.C18H16N4O3.C17H23N6.2C6H15NO3.C3H6O3.2Na.Ni/c1-41-25-15-19(32-30-17-5-3-7-21(13-17)43(35,36)37)9-11-23(25)28-27(34)29-24-12-10-20(16-26(24)42-2)33-31-18-6-4-8-22(14-18)44(38,39)40;1-12-13(19(25)26)11-14-16(24)9-8-15(18(14)22(12)3)20-23(4)17-7-5-6-10-21(17)2;1-11-12(18(24)25)10-13-15(23)8-7-14(17(13)22(11)3)19-20-16-6-4-5-9-21(16)2;1-6-23(7-2)15-8-9-16(13(3)10-15)19-20-17-14(11-18)12-21(4)22(17)5;2*8-4-1-7(2-5-9)3-6-10;1-2(4)3(5)6;;;/h3-16H,1-2H3,(H2,28,29,34)(H,35,36,37)(H,38,39,40);5-11H,3-4H2,1-2H3,(H,25,26);4-10H,3H2,1-2H3,(H,24,25);8-10,12H,6-7H2,1-5H3;2*8-10H,1-6H2;2,4H,1H3,(H,5,6);;;/q;;;+1;;;;2*+1;+2/p-1. The van der Waals surface area contributed by atoms with Crippen molar-refractivity contribution >= 4 is 144 Å². The molecule has 147 heavy (non-hydrogen) atoms. The van der Waals surface area contributed by atoms with Crippen LogP contribution < -0.4 is 139 Å². The van der Waals surface area contributed by atoms with Crippen molar-refractivity contribution in [1.82, 2.24) is 9.25 Å². The molecular weight excluding hydrogens is 2010 g/mol. The van der Waals surface area contributed by atoms with Crippen molar-refractivity contribution in [3.63, 3.8) is 0 Å². The number of carboxylic acids is 3. The molecule has 774 valence electrons. The normalized spacial score (nSPS) is 12.0. The van der Waals surface area contributed by atoms with Crippen LogP contribution in [0.25, 0.3) is 22.6 Å². The van der Waals surface area contributed by atoms with Crippen molar-refractivity contribution in [1.29, 1.82) is 5.26 Å². The molecule has 1 atom stereocenters. The number of rotatable bonds is 35. The number of aromatic carboxylic acids is 1. The van der Waals surface area contributed by atoms with E-state index in [9.17, 15) is 70.7 Å². The number of aliphatic carboxylic acids is 2. The van der Waals surface area contributed by atoms with Gasteiger partial charge in [-0.2, -0.15) is 46.8 Å². The predicted molar refractivity (Wildman–Crippen MR) is 521 cm³/mol. The fraction of sp³-hybridized carbons (Fsp3) is 0.281. The predicted octanol–water partition coefficient (Wildman–Crippen LogP) is -5.42. The number of azo groups is 3. The molecule has 46 nitrogen and oxygen atoms in total. The number of nitriles is 1. The Bertz CT molecular complexity index is 6790. The van der Waals surface area contributed by atoms with Crippen molar-refractivity contribution in [2.24, 2.45) is 64.0 Å². The van der Waals surface area contributed by atoms with Crippen LogP contribution in [0.4, 0.5) is 73.3 Å². The zero-order valence-electron chi connectivity index (χ0n) is 83.4. The fourth-order valence-corrected chi connectivity index (χ4v) is 14.2. The monoisotopic (exact) mass is 2130 g/mol. The van der Waals surface area contributed by atoms with Gasteiger partial charge in [0.15, 0.2) is 30.3 Å². The number of aryl methyl sites for hydroxylation is 4. The first-order chi connectivity index (χ1) is 68.4. The van der Waals surface area contributed by atoms with Gasteiger partial charge in [-0.05, 0) is 161 Å². The summed E-state index contributed by atoms with van der Waals surface area (Å²) in [5.74, 6) is -2.69. The number of ketones is 1. The van der Waals surface area contributed by atoms with E-state index in [1.807, 2.05) is 93.2 Å². The summed E-state index contributed by atoms with van der Waals surface area (Å²) >= 11 is 0. The van der Waals surface area contributed by atoms with Crippen molar-refractivity contribution in [3.05, 3.63) is 272 Å². The molecule has 1 aliphatic carbocycles. The first-order valence-corrected chi connectivity index (χ1v) is 46.7. The van der Waals surface area contributed by atoms with Crippen LogP contribution in [-0.4, -0.2) is 236 Å². The summed E-state index contributed by atoms with van der Waals surface area (Å²) < 4.78 is 85.9. The fourth-order valence-electron chi connectivity index (χ4n) is 13.2. The number of aromatic nitrogens is 5. The van der Waals surface area contributed by atoms with Crippen molar-refractivity contribution in [2.45, 2.75) is 57.4 Å². The quantitative estimate of drug-likeness (QED) is 0.00258. The first-order valence-electron chi connectivity index (χ1n) is 43.9. The molecule has 1 aliphatic heterocycles. The van der Waals surface area contributed by atoms with Gasteiger partial charge >= 0.3 is 97.6 Å². The number of aliphatic hydroxyl groups is 7. The molecule has 0 radical (unpaired) electrons. The molecule has 4 aromatic heterocycles. The Morgan fingerprint density at radius 2 is 1.19 bits per heavy atom. The molecular formula is C96H116N22Na2NiO24S2+4. The van der Waals surface area contributed by atoms with Gasteiger partial charge in [0.2, 0.25) is 17.4 Å². The maximum atomic E-state index is 12.8. The Morgan fingerprint density at radius 1 is 0.680 bits per heavy atom. The second kappa shape index (κ2) is 63.2. The maximum absolute atomic E-state index is 12.8. The van der Waals surface area contributed by atoms with Crippen molar-refractivity contribution < 1.29 is 219 Å². The topological polar surface area (TPSA) is 650 Å². The number of nitrogens with zero attached hydrogens (tertiary/aromatic N) is 18. The van der Waals surface area contributed by atoms with Crippen LogP contribution in [0.2, 0.25) is 0 Å². The number of aliphatic hydroxyl groups excluding tert-OH is 7. The Hall–Kier alpha value is -13.4. The van der Waals surface area contributed by atoms with Gasteiger partial charge in [0.1, 0.15) is 97.8 Å². The number of pyridine rings is 3. The number of quaternary nitrogens is 2. The van der Waals surface area contributed by atoms with Gasteiger partial charge in [0, 0.05) is 57.1 Å². The summed E-state index contributed by atoms with van der Waals surface area (Å²) in [6.07, 6.45) is 8.27. The van der Waals surface area contributed by atoms with Gasteiger partial charge in [-0.1, -0.05) is 35.9 Å². The zero-order valence-corrected chi connectivity index (χ0v) is 90.0. The number of allylic oxidation sites excluding steroid dienone is 1. The van der Waals surface area contributed by atoms with E-state index >= 15 is 0 Å². The average molecular weight is 2130 g/mol. The third-order valence-corrected chi connectivity index (χ3v) is 22.8. The number of methoxy groups -OCH3 is 2. The van der Waals surface area contributed by atoms with E-state index in [0.29, 0.717) is 113 Å². The number of fused-ring (bicyclic) bond motifs is 2. The van der Waals surface area contributed by atoms with Crippen molar-refractivity contribution in [3.8, 4) is 17.6 Å². The molecule has 1 unspecified atom stereocenters. The molecule has 6 aromatic carbocycles. The molecule has 51 heteroatoms. The van der Waals surface area contributed by atoms with Gasteiger partial charge in [-0.15, -0.1) is 43.8 Å². The van der Waals surface area contributed by atoms with Crippen LogP contribution in [0.5, 0.6) is 11.5 Å². The third kappa shape index (κ3) is 38.7. The Kier molecular flexibility index (Phi) is 54.9. The van der Waals surface area contributed by atoms with Gasteiger partial charge < -0.3 is 135 Å². The van der Waals surface area contributed by atoms with Crippen LogP contribution in [0.15, 0.2) is 244 Å². The van der Waals surface area contributed by atoms with Crippen LogP contribution in [0, 0.1) is 37.9 Å². The molecule has 12 rings (SSSR count). The van der Waals surface area contributed by atoms with Crippen LogP contribution in [0.1, 0.15) is 70.8 Å². The number of benzene rings is 6. The van der Waals surface area contributed by atoms with E-state index < -0.39 is 55.2 Å². The largest absolute Gasteiger partial charge is 2.00 e. The number of anilines is 3. The number of carboxylic acid groups (broad SMARTS) is 3. The molecule has 13 N–H and O–H groups in total. The van der Waals surface area contributed by atoms with E-state index in [1.165, 1.54) is 131 Å². The summed E-state index contributed by atoms with van der Waals surface area (Å²) in [4.78, 5) is 72.8. The van der Waals surface area contributed by atoms with E-state index in [2.05, 4.69) is 114 Å². The minimum Gasteiger partial charge on any atom is -0.744 e. The number of ether oxygens (including phenoxy) is 2. The molecule has 0 spiro atoms. The number of hydrogen-bond donors (Lipinski definition) is 11. The molecule has 2 amide bonds. The third-order valence-electron chi connectivity index (χ3n) is 21.1. The van der Waals surface area contributed by atoms with Crippen LogP contribution in [-0.2, 0) is 74.5 Å². The number of urea groups is 1. The molecule has 2 aliphatic rings. The van der Waals surface area contributed by atoms with E-state index in [1.54, 1.807) is 47.5 Å². The van der Waals surface area contributed by atoms with Crippen LogP contribution in [0.3, 0.4) is 0 Å².